The highest BCUT2D eigenvalue weighted by Crippen LogP contribution is 2.30. The standard InChI is InChI=1S/C31H53N5O3/c1-22-21-35(17-18-36(22)28-20-26(15-19-39-5)33-30(34-28)31(2,3)4)16-14-23-6-10-25(11-7-23)32-29(38)24-8-12-27(37)13-9-24/h20,22-25,27,37H,6-19,21H2,1-5H3,(H,32,38)/t22-,23?,24?,25?,27?/m1/s1. The van der Waals surface area contributed by atoms with E-state index < -0.39 is 0 Å². The number of ether oxygens (including phenoxy) is 1. The van der Waals surface area contributed by atoms with Crippen molar-refractivity contribution in [1.82, 2.24) is 20.2 Å². The smallest absolute Gasteiger partial charge is 0.223 e. The van der Waals surface area contributed by atoms with Gasteiger partial charge in [-0.2, -0.15) is 0 Å². The van der Waals surface area contributed by atoms with Crippen molar-refractivity contribution >= 4 is 11.7 Å². The fourth-order valence-electron chi connectivity index (χ4n) is 6.49. The summed E-state index contributed by atoms with van der Waals surface area (Å²) in [6.45, 7) is 13.8. The Morgan fingerprint density at radius 2 is 1.79 bits per heavy atom. The number of nitrogens with one attached hydrogen (secondary N) is 1. The summed E-state index contributed by atoms with van der Waals surface area (Å²) in [4.78, 5) is 27.6. The molecule has 3 fully saturated rings. The predicted octanol–water partition coefficient (Wildman–Crippen LogP) is 4.09. The molecule has 220 valence electrons. The molecule has 2 aliphatic carbocycles. The number of rotatable bonds is 9. The molecule has 0 aromatic carbocycles. The third-order valence-electron chi connectivity index (χ3n) is 9.12. The highest BCUT2D eigenvalue weighted by molar-refractivity contribution is 5.79. The highest BCUT2D eigenvalue weighted by atomic mass is 16.5. The first-order chi connectivity index (χ1) is 18.6. The second-order valence-electron chi connectivity index (χ2n) is 13.4. The fraction of sp³-hybridized carbons (Fsp3) is 0.839. The van der Waals surface area contributed by atoms with Gasteiger partial charge in [-0.25, -0.2) is 9.97 Å². The number of hydrogen-bond donors (Lipinski definition) is 2. The molecule has 1 aromatic rings. The molecule has 1 aromatic heterocycles. The number of aromatic nitrogens is 2. The maximum Gasteiger partial charge on any atom is 0.223 e. The van der Waals surface area contributed by atoms with Crippen LogP contribution in [0.1, 0.15) is 97.0 Å². The Bertz CT molecular complexity index is 919. The lowest BCUT2D eigenvalue weighted by atomic mass is 9.83. The van der Waals surface area contributed by atoms with Crippen LogP contribution in [0.2, 0.25) is 0 Å². The van der Waals surface area contributed by atoms with Crippen molar-refractivity contribution in [3.8, 4) is 0 Å². The summed E-state index contributed by atoms with van der Waals surface area (Å²) in [5.74, 6) is 3.05. The molecular weight excluding hydrogens is 490 g/mol. The van der Waals surface area contributed by atoms with Crippen LogP contribution in [0.5, 0.6) is 0 Å². The average molecular weight is 544 g/mol. The Morgan fingerprint density at radius 1 is 1.08 bits per heavy atom. The van der Waals surface area contributed by atoms with Crippen LogP contribution >= 0.6 is 0 Å². The summed E-state index contributed by atoms with van der Waals surface area (Å²) in [7, 11) is 1.74. The van der Waals surface area contributed by atoms with Gasteiger partial charge in [0.1, 0.15) is 11.6 Å². The summed E-state index contributed by atoms with van der Waals surface area (Å²) in [5.41, 5.74) is 0.968. The normalized spacial score (nSPS) is 28.9. The first-order valence-electron chi connectivity index (χ1n) is 15.5. The number of methoxy groups -OCH3 is 1. The number of hydrogen-bond acceptors (Lipinski definition) is 7. The molecule has 1 atom stereocenters. The third-order valence-corrected chi connectivity index (χ3v) is 9.12. The minimum atomic E-state index is -0.206. The van der Waals surface area contributed by atoms with E-state index in [2.05, 4.69) is 48.9 Å². The Hall–Kier alpha value is -1.77. The second-order valence-corrected chi connectivity index (χ2v) is 13.4. The van der Waals surface area contributed by atoms with Gasteiger partial charge in [0.25, 0.3) is 0 Å². The summed E-state index contributed by atoms with van der Waals surface area (Å²) in [6.07, 6.45) is 9.68. The molecule has 3 aliphatic rings. The van der Waals surface area contributed by atoms with E-state index in [9.17, 15) is 9.90 Å². The second kappa shape index (κ2) is 13.7. The number of carbonyl (C=O) groups excluding carboxylic acids is 1. The van der Waals surface area contributed by atoms with E-state index in [1.54, 1.807) is 7.11 Å². The Balaban J connectivity index is 1.21. The summed E-state index contributed by atoms with van der Waals surface area (Å²) >= 11 is 0. The van der Waals surface area contributed by atoms with Gasteiger partial charge in [-0.15, -0.1) is 0 Å². The third kappa shape index (κ3) is 8.61. The van der Waals surface area contributed by atoms with Crippen LogP contribution in [-0.2, 0) is 21.4 Å². The van der Waals surface area contributed by atoms with Gasteiger partial charge in [-0.05, 0) is 77.2 Å². The minimum Gasteiger partial charge on any atom is -0.393 e. The molecule has 2 heterocycles. The van der Waals surface area contributed by atoms with Gasteiger partial charge < -0.3 is 20.1 Å². The van der Waals surface area contributed by atoms with Gasteiger partial charge in [-0.3, -0.25) is 9.69 Å². The van der Waals surface area contributed by atoms with Crippen molar-refractivity contribution in [2.75, 3.05) is 44.8 Å². The van der Waals surface area contributed by atoms with Gasteiger partial charge in [0.15, 0.2) is 0 Å². The Kier molecular flexibility index (Phi) is 10.6. The predicted molar refractivity (Wildman–Crippen MR) is 156 cm³/mol. The van der Waals surface area contributed by atoms with E-state index in [0.717, 1.165) is 94.4 Å². The van der Waals surface area contributed by atoms with Crippen molar-refractivity contribution in [3.05, 3.63) is 17.6 Å². The number of nitrogens with zero attached hydrogens (tertiary/aromatic N) is 4. The first kappa shape index (κ1) is 30.2. The molecule has 8 heteroatoms. The Labute approximate surface area is 236 Å². The van der Waals surface area contributed by atoms with Crippen LogP contribution in [0.4, 0.5) is 5.82 Å². The molecule has 0 bridgehead atoms. The molecule has 4 rings (SSSR count). The van der Waals surface area contributed by atoms with E-state index in [1.165, 1.54) is 19.3 Å². The zero-order chi connectivity index (χ0) is 28.0. The van der Waals surface area contributed by atoms with Crippen molar-refractivity contribution in [1.29, 1.82) is 0 Å². The van der Waals surface area contributed by atoms with Crippen LogP contribution in [-0.4, -0.2) is 84.0 Å². The van der Waals surface area contributed by atoms with E-state index in [1.807, 2.05) is 0 Å². The van der Waals surface area contributed by atoms with Crippen LogP contribution in [0.3, 0.4) is 0 Å². The van der Waals surface area contributed by atoms with E-state index in [-0.39, 0.29) is 23.3 Å². The summed E-state index contributed by atoms with van der Waals surface area (Å²) in [5, 5.41) is 13.0. The van der Waals surface area contributed by atoms with Crippen LogP contribution in [0.25, 0.3) is 0 Å². The topological polar surface area (TPSA) is 90.8 Å². The lowest BCUT2D eigenvalue weighted by molar-refractivity contribution is -0.127. The van der Waals surface area contributed by atoms with E-state index >= 15 is 0 Å². The number of aliphatic hydroxyl groups is 1. The molecule has 1 aliphatic heterocycles. The monoisotopic (exact) mass is 543 g/mol. The van der Waals surface area contributed by atoms with Gasteiger partial charge in [-0.1, -0.05) is 20.8 Å². The van der Waals surface area contributed by atoms with E-state index in [4.69, 9.17) is 14.7 Å². The van der Waals surface area contributed by atoms with Crippen molar-refractivity contribution in [3.63, 3.8) is 0 Å². The lowest BCUT2D eigenvalue weighted by Gasteiger charge is -2.41. The van der Waals surface area contributed by atoms with Gasteiger partial charge in [0.05, 0.1) is 12.7 Å². The molecule has 1 amide bonds. The van der Waals surface area contributed by atoms with Crippen molar-refractivity contribution < 1.29 is 14.6 Å². The van der Waals surface area contributed by atoms with Gasteiger partial charge >= 0.3 is 0 Å². The molecule has 8 nitrogen and oxygen atoms in total. The molecule has 0 unspecified atom stereocenters. The van der Waals surface area contributed by atoms with Crippen molar-refractivity contribution in [2.24, 2.45) is 11.8 Å². The first-order valence-corrected chi connectivity index (χ1v) is 15.5. The number of amides is 1. The SMILES string of the molecule is COCCc1cc(N2CCN(CCC3CCC(NC(=O)C4CCC(O)CC4)CC3)C[C@H]2C)nc(C(C)(C)C)n1. The molecular formula is C31H53N5O3. The van der Waals surface area contributed by atoms with Crippen molar-refractivity contribution in [2.45, 2.75) is 116 Å². The molecule has 0 radical (unpaired) electrons. The Morgan fingerprint density at radius 3 is 2.44 bits per heavy atom. The summed E-state index contributed by atoms with van der Waals surface area (Å²) in [6, 6.07) is 2.90. The summed E-state index contributed by atoms with van der Waals surface area (Å²) < 4.78 is 5.31. The minimum absolute atomic E-state index is 0.0931. The fourth-order valence-corrected chi connectivity index (χ4v) is 6.49. The molecule has 1 saturated heterocycles. The van der Waals surface area contributed by atoms with Crippen LogP contribution < -0.4 is 10.2 Å². The largest absolute Gasteiger partial charge is 0.393 e. The molecule has 2 N–H and O–H groups in total. The number of aliphatic hydroxyl groups excluding tert-OH is 1. The number of piperazine rings is 1. The number of carbonyl (C=O) groups is 1. The quantitative estimate of drug-likeness (QED) is 0.485. The molecule has 39 heavy (non-hydrogen) atoms. The van der Waals surface area contributed by atoms with Crippen LogP contribution in [0.15, 0.2) is 6.07 Å². The van der Waals surface area contributed by atoms with Crippen LogP contribution in [0, 0.1) is 11.8 Å². The van der Waals surface area contributed by atoms with Gasteiger partial charge in [0.2, 0.25) is 5.91 Å². The molecule has 0 spiro atoms. The average Bonchev–Trinajstić information content (AvgIpc) is 2.91. The van der Waals surface area contributed by atoms with E-state index in [0.29, 0.717) is 18.7 Å². The zero-order valence-electron chi connectivity index (χ0n) is 25.1. The highest BCUT2D eigenvalue weighted by Gasteiger charge is 2.30. The lowest BCUT2D eigenvalue weighted by Crippen LogP contribution is -2.52. The molecule has 2 saturated carbocycles. The maximum atomic E-state index is 12.7. The number of anilines is 1. The maximum absolute atomic E-state index is 12.7. The zero-order valence-corrected chi connectivity index (χ0v) is 25.1. The van der Waals surface area contributed by atoms with Gasteiger partial charge in [0, 0.05) is 68.3 Å².